The van der Waals surface area contributed by atoms with Gasteiger partial charge in [0.25, 0.3) is 0 Å². The number of carbonyl (C=O) groups is 1. The van der Waals surface area contributed by atoms with Gasteiger partial charge in [-0.3, -0.25) is 4.79 Å². The van der Waals surface area contributed by atoms with Crippen molar-refractivity contribution in [2.45, 2.75) is 22.1 Å². The Kier molecular flexibility index (Phi) is 7.87. The van der Waals surface area contributed by atoms with E-state index < -0.39 is 21.2 Å². The van der Waals surface area contributed by atoms with E-state index in [2.05, 4.69) is 15.0 Å². The lowest BCUT2D eigenvalue weighted by atomic mass is 10.1. The molecule has 0 bridgehead atoms. The predicted octanol–water partition coefficient (Wildman–Crippen LogP) is 3.18. The number of nitrogens with zero attached hydrogens (tertiary/aromatic N) is 3. The largest absolute Gasteiger partial charge is 0.383 e. The monoisotopic (exact) mass is 492 g/mol. The van der Waals surface area contributed by atoms with Crippen molar-refractivity contribution in [1.29, 1.82) is 10.5 Å². The summed E-state index contributed by atoms with van der Waals surface area (Å²) in [5.74, 6) is -0.444. The van der Waals surface area contributed by atoms with Gasteiger partial charge >= 0.3 is 0 Å². The van der Waals surface area contributed by atoms with E-state index in [1.54, 1.807) is 31.2 Å². The molecule has 1 aromatic heterocycles. The molecule has 172 valence electrons. The molecule has 1 amide bonds. The molecular weight excluding hydrogens is 472 g/mol. The van der Waals surface area contributed by atoms with Crippen LogP contribution in [0.4, 0.5) is 11.5 Å². The van der Waals surface area contributed by atoms with Gasteiger partial charge in [0.05, 0.1) is 16.0 Å². The van der Waals surface area contributed by atoms with Gasteiger partial charge in [-0.2, -0.15) is 10.5 Å². The van der Waals surface area contributed by atoms with Crippen molar-refractivity contribution in [3.63, 3.8) is 0 Å². The zero-order valence-electron chi connectivity index (χ0n) is 18.0. The Hall–Kier alpha value is -3.90. The predicted molar refractivity (Wildman–Crippen MR) is 129 cm³/mol. The molecule has 1 heterocycles. The highest BCUT2D eigenvalue weighted by Gasteiger charge is 2.25. The number of anilines is 2. The van der Waals surface area contributed by atoms with Crippen molar-refractivity contribution in [2.75, 3.05) is 17.6 Å². The first-order valence-electron chi connectivity index (χ1n) is 10.0. The summed E-state index contributed by atoms with van der Waals surface area (Å²) in [4.78, 5) is 17.5. The van der Waals surface area contributed by atoms with Gasteiger partial charge < -0.3 is 11.1 Å². The molecule has 0 aliphatic carbocycles. The number of nitrogens with one attached hydrogen (secondary N) is 2. The van der Waals surface area contributed by atoms with Gasteiger partial charge in [-0.1, -0.05) is 49.0 Å². The lowest BCUT2D eigenvalue weighted by Gasteiger charge is -2.18. The van der Waals surface area contributed by atoms with Gasteiger partial charge in [-0.25, -0.2) is 18.1 Å². The van der Waals surface area contributed by atoms with E-state index in [9.17, 15) is 18.5 Å². The van der Waals surface area contributed by atoms with Crippen LogP contribution in [0.3, 0.4) is 0 Å². The van der Waals surface area contributed by atoms with E-state index in [1.807, 2.05) is 18.2 Å². The average Bonchev–Trinajstić information content (AvgIpc) is 2.83. The van der Waals surface area contributed by atoms with Crippen molar-refractivity contribution in [1.82, 2.24) is 9.71 Å². The van der Waals surface area contributed by atoms with Gasteiger partial charge in [-0.15, -0.1) is 0 Å². The SMILES string of the molecule is CCNS(=O)(=O)c1ccc(NC(=O)[C@H](Sc2nc(N)c(C#N)cc2C#N)c2ccccc2)cc1. The Bertz CT molecular complexity index is 1380. The minimum Gasteiger partial charge on any atom is -0.383 e. The molecule has 0 aliphatic heterocycles. The molecule has 1 atom stereocenters. The van der Waals surface area contributed by atoms with Crippen LogP contribution in [0.1, 0.15) is 28.9 Å². The quantitative estimate of drug-likeness (QED) is 0.404. The lowest BCUT2D eigenvalue weighted by molar-refractivity contribution is -0.115. The van der Waals surface area contributed by atoms with Crippen molar-refractivity contribution in [3.05, 3.63) is 77.4 Å². The number of hydrogen-bond acceptors (Lipinski definition) is 8. The smallest absolute Gasteiger partial charge is 0.242 e. The first-order chi connectivity index (χ1) is 16.3. The molecule has 0 aliphatic rings. The van der Waals surface area contributed by atoms with Crippen LogP contribution in [-0.4, -0.2) is 25.9 Å². The fourth-order valence-corrected chi connectivity index (χ4v) is 5.09. The first kappa shape index (κ1) is 24.7. The van der Waals surface area contributed by atoms with Crippen LogP contribution in [0.25, 0.3) is 0 Å². The molecule has 2 aromatic carbocycles. The number of benzene rings is 2. The summed E-state index contributed by atoms with van der Waals surface area (Å²) in [5.41, 5.74) is 7.09. The number of pyridine rings is 1. The molecule has 0 fully saturated rings. The van der Waals surface area contributed by atoms with Crippen molar-refractivity contribution in [2.24, 2.45) is 0 Å². The molecule has 9 nitrogen and oxygen atoms in total. The first-order valence-corrected chi connectivity index (χ1v) is 12.4. The normalized spacial score (nSPS) is 11.7. The fraction of sp³-hybridized carbons (Fsp3) is 0.130. The fourth-order valence-electron chi connectivity index (χ4n) is 2.98. The number of nitriles is 2. The van der Waals surface area contributed by atoms with Crippen molar-refractivity contribution in [3.8, 4) is 12.1 Å². The van der Waals surface area contributed by atoms with Crippen LogP contribution in [-0.2, 0) is 14.8 Å². The second kappa shape index (κ2) is 10.8. The van der Waals surface area contributed by atoms with E-state index in [0.29, 0.717) is 11.3 Å². The third-order valence-electron chi connectivity index (χ3n) is 4.59. The van der Waals surface area contributed by atoms with Crippen LogP contribution in [0.15, 0.2) is 70.6 Å². The van der Waals surface area contributed by atoms with E-state index in [4.69, 9.17) is 11.0 Å². The van der Waals surface area contributed by atoms with Crippen LogP contribution in [0, 0.1) is 22.7 Å². The summed E-state index contributed by atoms with van der Waals surface area (Å²) in [6.07, 6.45) is 0. The molecule has 0 saturated heterocycles. The number of aromatic nitrogens is 1. The van der Waals surface area contributed by atoms with Gasteiger partial charge in [0.15, 0.2) is 0 Å². The molecule has 3 rings (SSSR count). The molecule has 34 heavy (non-hydrogen) atoms. The summed E-state index contributed by atoms with van der Waals surface area (Å²) in [6.45, 7) is 1.94. The molecule has 0 unspecified atom stereocenters. The minimum absolute atomic E-state index is 0.0336. The van der Waals surface area contributed by atoms with Crippen LogP contribution in [0.2, 0.25) is 0 Å². The summed E-state index contributed by atoms with van der Waals surface area (Å²) in [5, 5.41) is 20.8. The lowest BCUT2D eigenvalue weighted by Crippen LogP contribution is -2.23. The minimum atomic E-state index is -3.61. The standard InChI is InChI=1S/C23H20N6O3S2/c1-2-27-34(31,32)19-10-8-18(9-11-19)28-22(30)20(15-6-4-3-5-7-15)33-23-17(14-25)12-16(13-24)21(26)29-23/h3-12,20,27H,2H2,1H3,(H2,26,29)(H,28,30)/t20-/m1/s1. The number of thioether (sulfide) groups is 1. The van der Waals surface area contributed by atoms with E-state index in [-0.39, 0.29) is 33.4 Å². The van der Waals surface area contributed by atoms with E-state index in [0.717, 1.165) is 11.8 Å². The Morgan fingerprint density at radius 3 is 2.32 bits per heavy atom. The van der Waals surface area contributed by atoms with Gasteiger partial charge in [-0.05, 0) is 35.9 Å². The Morgan fingerprint density at radius 1 is 1.09 bits per heavy atom. The highest BCUT2D eigenvalue weighted by Crippen LogP contribution is 2.37. The zero-order valence-corrected chi connectivity index (χ0v) is 19.7. The Morgan fingerprint density at radius 2 is 1.74 bits per heavy atom. The highest BCUT2D eigenvalue weighted by molar-refractivity contribution is 8.00. The van der Waals surface area contributed by atoms with Crippen molar-refractivity contribution >= 4 is 39.2 Å². The van der Waals surface area contributed by atoms with Gasteiger partial charge in [0, 0.05) is 12.2 Å². The van der Waals surface area contributed by atoms with E-state index >= 15 is 0 Å². The van der Waals surface area contributed by atoms with Crippen LogP contribution in [0.5, 0.6) is 0 Å². The Labute approximate surface area is 201 Å². The van der Waals surface area contributed by atoms with Gasteiger partial charge in [0.1, 0.15) is 28.2 Å². The maximum absolute atomic E-state index is 13.3. The summed E-state index contributed by atoms with van der Waals surface area (Å²) in [6, 6.07) is 19.9. The molecular formula is C23H20N6O3S2. The zero-order chi connectivity index (χ0) is 24.7. The number of amides is 1. The maximum atomic E-state index is 13.3. The van der Waals surface area contributed by atoms with Crippen LogP contribution >= 0.6 is 11.8 Å². The number of hydrogen-bond donors (Lipinski definition) is 3. The van der Waals surface area contributed by atoms with Crippen molar-refractivity contribution < 1.29 is 13.2 Å². The molecule has 0 spiro atoms. The third kappa shape index (κ3) is 5.71. The topological polar surface area (TPSA) is 162 Å². The number of rotatable bonds is 8. The summed E-state index contributed by atoms with van der Waals surface area (Å²) >= 11 is 1.03. The number of carbonyl (C=O) groups excluding carboxylic acids is 1. The third-order valence-corrected chi connectivity index (χ3v) is 7.41. The Balaban J connectivity index is 1.91. The molecule has 0 radical (unpaired) electrons. The van der Waals surface area contributed by atoms with Crippen LogP contribution < -0.4 is 15.8 Å². The van der Waals surface area contributed by atoms with E-state index in [1.165, 1.54) is 30.3 Å². The summed E-state index contributed by atoms with van der Waals surface area (Å²) in [7, 11) is -3.61. The number of nitrogens with two attached hydrogens (primary N) is 1. The number of nitrogen functional groups attached to an aromatic ring is 1. The second-order valence-corrected chi connectivity index (χ2v) is 9.78. The average molecular weight is 493 g/mol. The van der Waals surface area contributed by atoms with Gasteiger partial charge in [0.2, 0.25) is 15.9 Å². The maximum Gasteiger partial charge on any atom is 0.242 e. The molecule has 0 saturated carbocycles. The molecule has 11 heteroatoms. The number of sulfonamides is 1. The summed E-state index contributed by atoms with van der Waals surface area (Å²) < 4.78 is 26.7. The highest BCUT2D eigenvalue weighted by atomic mass is 32.2. The molecule has 4 N–H and O–H groups in total. The second-order valence-electron chi connectivity index (χ2n) is 6.92. The molecule has 3 aromatic rings.